The van der Waals surface area contributed by atoms with Crippen LogP contribution in [0, 0.1) is 0 Å². The van der Waals surface area contributed by atoms with Crippen LogP contribution >= 0.6 is 23.2 Å². The highest BCUT2D eigenvalue weighted by atomic mass is 35.5. The molecule has 0 radical (unpaired) electrons. The Balaban J connectivity index is 1.50. The van der Waals surface area contributed by atoms with Crippen LogP contribution in [0.2, 0.25) is 10.0 Å². The number of amides is 4. The van der Waals surface area contributed by atoms with Gasteiger partial charge in [-0.15, -0.1) is 0 Å². The first kappa shape index (κ1) is 27.3. The van der Waals surface area contributed by atoms with Crippen molar-refractivity contribution in [2.45, 2.75) is 6.61 Å². The van der Waals surface area contributed by atoms with Crippen molar-refractivity contribution in [3.63, 3.8) is 0 Å². The van der Waals surface area contributed by atoms with Crippen molar-refractivity contribution in [2.24, 2.45) is 0 Å². The summed E-state index contributed by atoms with van der Waals surface area (Å²) in [4.78, 5) is 43.6. The minimum atomic E-state index is -0.758. The van der Waals surface area contributed by atoms with Gasteiger partial charge in [0.2, 0.25) is 0 Å². The molecule has 1 heterocycles. The van der Waals surface area contributed by atoms with Gasteiger partial charge in [0.25, 0.3) is 11.8 Å². The highest BCUT2D eigenvalue weighted by Gasteiger charge is 2.43. The minimum absolute atomic E-state index is 0.122. The molecule has 0 spiro atoms. The molecule has 8 heteroatoms. The van der Waals surface area contributed by atoms with E-state index in [2.05, 4.69) is 0 Å². The molecule has 5 aromatic carbocycles. The van der Waals surface area contributed by atoms with Gasteiger partial charge in [0.15, 0.2) is 0 Å². The predicted octanol–water partition coefficient (Wildman–Crippen LogP) is 8.31. The number of rotatable bonds is 6. The molecule has 4 amide bonds. The number of anilines is 2. The lowest BCUT2D eigenvalue weighted by Crippen LogP contribution is -2.57. The Hall–Kier alpha value is -4.91. The lowest BCUT2D eigenvalue weighted by molar-refractivity contribution is -0.121. The van der Waals surface area contributed by atoms with Crippen molar-refractivity contribution in [2.75, 3.05) is 9.80 Å². The number of para-hydroxylation sites is 2. The monoisotopic (exact) mass is 592 g/mol. The third-order valence-corrected chi connectivity index (χ3v) is 7.48. The van der Waals surface area contributed by atoms with Crippen LogP contribution in [0.15, 0.2) is 121 Å². The summed E-state index contributed by atoms with van der Waals surface area (Å²) in [7, 11) is 0. The maximum atomic E-state index is 13.9. The number of benzene rings is 5. The van der Waals surface area contributed by atoms with Gasteiger partial charge in [-0.25, -0.2) is 14.6 Å². The summed E-state index contributed by atoms with van der Waals surface area (Å²) in [5.41, 5.74) is 1.74. The molecule has 1 aliphatic heterocycles. The van der Waals surface area contributed by atoms with E-state index in [1.807, 2.05) is 30.3 Å². The van der Waals surface area contributed by atoms with Gasteiger partial charge in [0.05, 0.1) is 11.4 Å². The molecule has 6 rings (SSSR count). The second kappa shape index (κ2) is 11.5. The molecule has 1 aliphatic rings. The molecule has 5 aromatic rings. The second-order valence-electron chi connectivity index (χ2n) is 9.52. The summed E-state index contributed by atoms with van der Waals surface area (Å²) < 4.78 is 6.22. The summed E-state index contributed by atoms with van der Waals surface area (Å²) in [6, 6.07) is 32.7. The fourth-order valence-electron chi connectivity index (χ4n) is 4.83. The van der Waals surface area contributed by atoms with Crippen LogP contribution < -0.4 is 14.5 Å². The topological polar surface area (TPSA) is 66.9 Å². The number of carbonyl (C=O) groups is 3. The van der Waals surface area contributed by atoms with Crippen LogP contribution in [-0.2, 0) is 16.2 Å². The average molecular weight is 593 g/mol. The predicted molar refractivity (Wildman–Crippen MR) is 166 cm³/mol. The normalized spacial score (nSPS) is 13.6. The van der Waals surface area contributed by atoms with Crippen molar-refractivity contribution in [1.82, 2.24) is 0 Å². The number of hydrogen-bond donors (Lipinski definition) is 0. The van der Waals surface area contributed by atoms with Gasteiger partial charge in [0, 0.05) is 21.2 Å². The number of nitrogens with zero attached hydrogens (tertiary/aromatic N) is 2. The lowest BCUT2D eigenvalue weighted by atomic mass is 9.99. The first-order chi connectivity index (χ1) is 20.4. The zero-order chi connectivity index (χ0) is 29.2. The summed E-state index contributed by atoms with van der Waals surface area (Å²) in [6.07, 6.45) is 1.50. The number of imide groups is 2. The number of ether oxygens (including phenoxy) is 1. The molecule has 0 aliphatic carbocycles. The Kier molecular flexibility index (Phi) is 7.48. The van der Waals surface area contributed by atoms with E-state index >= 15 is 0 Å². The van der Waals surface area contributed by atoms with Gasteiger partial charge >= 0.3 is 6.03 Å². The zero-order valence-corrected chi connectivity index (χ0v) is 23.5. The molecule has 42 heavy (non-hydrogen) atoms. The van der Waals surface area contributed by atoms with Crippen LogP contribution in [0.25, 0.3) is 16.8 Å². The molecule has 0 unspecified atom stereocenters. The Morgan fingerprint density at radius 2 is 1.26 bits per heavy atom. The highest BCUT2D eigenvalue weighted by molar-refractivity contribution is 6.46. The zero-order valence-electron chi connectivity index (χ0n) is 22.0. The number of hydrogen-bond acceptors (Lipinski definition) is 4. The smallest absolute Gasteiger partial charge is 0.343 e. The molecule has 0 aromatic heterocycles. The van der Waals surface area contributed by atoms with Gasteiger partial charge in [-0.05, 0) is 59.3 Å². The van der Waals surface area contributed by atoms with Crippen LogP contribution in [0.1, 0.15) is 11.1 Å². The van der Waals surface area contributed by atoms with Crippen molar-refractivity contribution < 1.29 is 19.1 Å². The summed E-state index contributed by atoms with van der Waals surface area (Å²) in [6.45, 7) is 0.122. The number of carbonyl (C=O) groups excluding carboxylic acids is 3. The van der Waals surface area contributed by atoms with E-state index in [0.29, 0.717) is 38.3 Å². The molecule has 206 valence electrons. The van der Waals surface area contributed by atoms with Crippen molar-refractivity contribution >= 4 is 69.3 Å². The third-order valence-electron chi connectivity index (χ3n) is 6.90. The lowest BCUT2D eigenvalue weighted by Gasteiger charge is -2.34. The van der Waals surface area contributed by atoms with E-state index in [1.165, 1.54) is 6.08 Å². The summed E-state index contributed by atoms with van der Waals surface area (Å²) in [5, 5.41) is 2.61. The molecule has 0 atom stereocenters. The molecule has 0 saturated carbocycles. The van der Waals surface area contributed by atoms with Gasteiger partial charge in [-0.3, -0.25) is 9.59 Å². The Morgan fingerprint density at radius 3 is 1.88 bits per heavy atom. The highest BCUT2D eigenvalue weighted by Crippen LogP contribution is 2.35. The Morgan fingerprint density at radius 1 is 0.667 bits per heavy atom. The van der Waals surface area contributed by atoms with Gasteiger partial charge < -0.3 is 4.74 Å². The molecule has 1 fully saturated rings. The first-order valence-electron chi connectivity index (χ1n) is 13.1. The molecule has 6 nitrogen and oxygen atoms in total. The number of barbiturate groups is 1. The minimum Gasteiger partial charge on any atom is -0.488 e. The summed E-state index contributed by atoms with van der Waals surface area (Å²) in [5.74, 6) is -1.03. The molecule has 0 N–H and O–H groups in total. The van der Waals surface area contributed by atoms with Crippen LogP contribution in [0.5, 0.6) is 5.75 Å². The first-order valence-corrected chi connectivity index (χ1v) is 13.8. The number of halogens is 2. The van der Waals surface area contributed by atoms with Gasteiger partial charge in [0.1, 0.15) is 17.9 Å². The second-order valence-corrected chi connectivity index (χ2v) is 10.4. The van der Waals surface area contributed by atoms with E-state index in [-0.39, 0.29) is 12.2 Å². The van der Waals surface area contributed by atoms with E-state index in [0.717, 1.165) is 20.6 Å². The quantitative estimate of drug-likeness (QED) is 0.147. The standard InChI is InChI=1S/C34H22Cl2N2O4/c35-24-17-15-23(30(36)19-24)21-42-31-18-16-22-9-7-8-14-27(22)28(31)20-29-32(39)37(25-10-3-1-4-11-25)34(41)38(33(29)40)26-12-5-2-6-13-26/h1-20H,21H2. The number of fused-ring (bicyclic) bond motifs is 1. The molecular formula is C34H22Cl2N2O4. The SMILES string of the molecule is O=C1C(=Cc2c(OCc3ccc(Cl)cc3Cl)ccc3ccccc23)C(=O)N(c2ccccc2)C(=O)N1c1ccccc1. The maximum absolute atomic E-state index is 13.9. The number of urea groups is 1. The van der Waals surface area contributed by atoms with Gasteiger partial charge in [-0.2, -0.15) is 0 Å². The Labute approximate surface area is 252 Å². The van der Waals surface area contributed by atoms with Crippen LogP contribution in [0.3, 0.4) is 0 Å². The average Bonchev–Trinajstić information content (AvgIpc) is 3.00. The molecular weight excluding hydrogens is 571 g/mol. The van der Waals surface area contributed by atoms with Gasteiger partial charge in [-0.1, -0.05) is 96.0 Å². The van der Waals surface area contributed by atoms with E-state index in [9.17, 15) is 14.4 Å². The third kappa shape index (κ3) is 5.14. The van der Waals surface area contributed by atoms with Crippen molar-refractivity contribution in [1.29, 1.82) is 0 Å². The Bertz CT molecular complexity index is 1810. The van der Waals surface area contributed by atoms with Crippen LogP contribution in [-0.4, -0.2) is 17.8 Å². The molecule has 1 saturated heterocycles. The molecule has 0 bridgehead atoms. The fourth-order valence-corrected chi connectivity index (χ4v) is 5.29. The van der Waals surface area contributed by atoms with Crippen molar-refractivity contribution in [3.8, 4) is 5.75 Å². The van der Waals surface area contributed by atoms with Crippen molar-refractivity contribution in [3.05, 3.63) is 142 Å². The van der Waals surface area contributed by atoms with Crippen LogP contribution in [0.4, 0.5) is 16.2 Å². The van der Waals surface area contributed by atoms with E-state index in [4.69, 9.17) is 27.9 Å². The summed E-state index contributed by atoms with van der Waals surface area (Å²) >= 11 is 12.4. The van der Waals surface area contributed by atoms with E-state index < -0.39 is 17.8 Å². The largest absolute Gasteiger partial charge is 0.488 e. The van der Waals surface area contributed by atoms with E-state index in [1.54, 1.807) is 84.9 Å². The fraction of sp³-hybridized carbons (Fsp3) is 0.0294. The maximum Gasteiger partial charge on any atom is 0.343 e.